The second-order valence-corrected chi connectivity index (χ2v) is 14.3. The monoisotopic (exact) mass is 588 g/mol. The normalized spacial score (nSPS) is 24.9. The lowest BCUT2D eigenvalue weighted by Crippen LogP contribution is -2.58. The zero-order valence-electron chi connectivity index (χ0n) is 26.8. The smallest absolute Gasteiger partial charge is 0.409 e. The number of rotatable bonds is 14. The molecule has 42 heavy (non-hydrogen) atoms. The number of unbranched alkanes of at least 4 members (excludes halogenated alkanes) is 1. The minimum absolute atomic E-state index is 0.0374. The Hall–Kier alpha value is -2.91. The highest BCUT2D eigenvalue weighted by molar-refractivity contribution is 6.38. The highest BCUT2D eigenvalue weighted by atomic mass is 16.6. The molecule has 3 rings (SSSR count). The molecule has 10 heteroatoms. The van der Waals surface area contributed by atoms with Gasteiger partial charge >= 0.3 is 6.09 Å². The number of nitrogens with one attached hydrogen (secondary N) is 2. The zero-order valence-corrected chi connectivity index (χ0v) is 26.8. The van der Waals surface area contributed by atoms with Gasteiger partial charge in [0, 0.05) is 25.6 Å². The van der Waals surface area contributed by atoms with Crippen molar-refractivity contribution in [1.82, 2.24) is 20.4 Å². The topological polar surface area (TPSA) is 125 Å². The number of Topliss-reactive ketones (excluding diaryl/α,β-unsaturated/α-hetero) is 1. The van der Waals surface area contributed by atoms with Crippen molar-refractivity contribution in [2.24, 2.45) is 40.4 Å². The molecule has 236 valence electrons. The van der Waals surface area contributed by atoms with Gasteiger partial charge in [0.25, 0.3) is 5.91 Å². The largest absolute Gasteiger partial charge is 0.448 e. The number of carbonyl (C=O) groups is 5. The lowest BCUT2D eigenvalue weighted by molar-refractivity contribution is -0.150. The maximum absolute atomic E-state index is 14.6. The van der Waals surface area contributed by atoms with Gasteiger partial charge in [0.2, 0.25) is 17.6 Å². The maximum Gasteiger partial charge on any atom is 0.409 e. The van der Waals surface area contributed by atoms with E-state index in [0.29, 0.717) is 39.1 Å². The van der Waals surface area contributed by atoms with Crippen molar-refractivity contribution in [1.29, 1.82) is 0 Å². The van der Waals surface area contributed by atoms with Gasteiger partial charge in [-0.1, -0.05) is 74.3 Å². The number of piperidine rings is 1. The van der Waals surface area contributed by atoms with Gasteiger partial charge in [-0.05, 0) is 40.9 Å². The molecule has 2 saturated heterocycles. The van der Waals surface area contributed by atoms with Gasteiger partial charge in [0.05, 0.1) is 12.6 Å². The van der Waals surface area contributed by atoms with Crippen LogP contribution in [0.4, 0.5) is 4.79 Å². The SMILES string of the molecule is C=CCNC(=O)C(=O)C(CCCC)NC(=O)[C@@H]1C2[C@H](CN1C(=O)C([C@H](CN1CCOC1=O)C(C)C)C(C)(C)C)C2(C)C. The van der Waals surface area contributed by atoms with Crippen molar-refractivity contribution < 1.29 is 28.7 Å². The van der Waals surface area contributed by atoms with E-state index in [2.05, 4.69) is 44.9 Å². The maximum atomic E-state index is 14.6. The Morgan fingerprint density at radius 2 is 1.86 bits per heavy atom. The highest BCUT2D eigenvalue weighted by Crippen LogP contribution is 2.65. The molecule has 0 spiro atoms. The Balaban J connectivity index is 1.90. The van der Waals surface area contributed by atoms with Gasteiger partial charge < -0.3 is 25.2 Å². The fourth-order valence-electron chi connectivity index (χ4n) is 7.08. The molecule has 4 amide bonds. The van der Waals surface area contributed by atoms with Crippen LogP contribution in [0.5, 0.6) is 0 Å². The fourth-order valence-corrected chi connectivity index (χ4v) is 7.08. The van der Waals surface area contributed by atoms with Crippen LogP contribution in [0.15, 0.2) is 12.7 Å². The van der Waals surface area contributed by atoms with Gasteiger partial charge in [-0.3, -0.25) is 19.2 Å². The molecule has 1 aliphatic carbocycles. The van der Waals surface area contributed by atoms with Crippen molar-refractivity contribution in [3.8, 4) is 0 Å². The summed E-state index contributed by atoms with van der Waals surface area (Å²) in [4.78, 5) is 69.9. The average molecular weight is 589 g/mol. The van der Waals surface area contributed by atoms with Crippen molar-refractivity contribution in [2.75, 3.05) is 32.8 Å². The lowest BCUT2D eigenvalue weighted by atomic mass is 9.68. The number of ketones is 1. The number of cyclic esters (lactones) is 1. The van der Waals surface area contributed by atoms with E-state index in [1.165, 1.54) is 6.08 Å². The molecule has 0 aromatic rings. The minimum Gasteiger partial charge on any atom is -0.448 e. The summed E-state index contributed by atoms with van der Waals surface area (Å²) >= 11 is 0. The summed E-state index contributed by atoms with van der Waals surface area (Å²) in [5.41, 5.74) is -0.557. The number of hydrogen-bond acceptors (Lipinski definition) is 6. The zero-order chi connectivity index (χ0) is 31.6. The van der Waals surface area contributed by atoms with Crippen molar-refractivity contribution in [3.63, 3.8) is 0 Å². The van der Waals surface area contributed by atoms with Crippen LogP contribution in [-0.4, -0.2) is 84.3 Å². The van der Waals surface area contributed by atoms with Crippen molar-refractivity contribution >= 4 is 29.6 Å². The van der Waals surface area contributed by atoms with Crippen LogP contribution in [-0.2, 0) is 23.9 Å². The first kappa shape index (κ1) is 33.6. The molecule has 3 unspecified atom stereocenters. The second kappa shape index (κ2) is 13.2. The number of hydrogen-bond donors (Lipinski definition) is 2. The molecule has 0 aromatic heterocycles. The van der Waals surface area contributed by atoms with Gasteiger partial charge in [-0.25, -0.2) is 4.79 Å². The Bertz CT molecular complexity index is 1060. The summed E-state index contributed by atoms with van der Waals surface area (Å²) in [7, 11) is 0. The third-order valence-corrected chi connectivity index (χ3v) is 9.63. The average Bonchev–Trinajstić information content (AvgIpc) is 3.26. The summed E-state index contributed by atoms with van der Waals surface area (Å²) in [6.07, 6.45) is 2.94. The van der Waals surface area contributed by atoms with Gasteiger partial charge in [-0.15, -0.1) is 6.58 Å². The molecule has 0 bridgehead atoms. The molecule has 0 aromatic carbocycles. The van der Waals surface area contributed by atoms with Gasteiger partial charge in [0.1, 0.15) is 12.6 Å². The predicted molar refractivity (Wildman–Crippen MR) is 160 cm³/mol. The quantitative estimate of drug-likeness (QED) is 0.237. The van der Waals surface area contributed by atoms with E-state index >= 15 is 0 Å². The number of amides is 4. The van der Waals surface area contributed by atoms with Crippen LogP contribution < -0.4 is 10.6 Å². The van der Waals surface area contributed by atoms with Gasteiger partial charge in [-0.2, -0.15) is 0 Å². The fraction of sp³-hybridized carbons (Fsp3) is 0.781. The Morgan fingerprint density at radius 1 is 1.19 bits per heavy atom. The molecular weight excluding hydrogens is 536 g/mol. The van der Waals surface area contributed by atoms with Crippen LogP contribution in [0.1, 0.15) is 74.7 Å². The summed E-state index contributed by atoms with van der Waals surface area (Å²) in [6.45, 7) is 21.9. The molecule has 1 saturated carbocycles. The molecular formula is C32H52N4O6. The van der Waals surface area contributed by atoms with Crippen LogP contribution in [0.3, 0.4) is 0 Å². The minimum atomic E-state index is -0.969. The van der Waals surface area contributed by atoms with Crippen LogP contribution in [0.2, 0.25) is 0 Å². The summed E-state index contributed by atoms with van der Waals surface area (Å²) in [5.74, 6) is -2.30. The number of ether oxygens (including phenoxy) is 1. The van der Waals surface area contributed by atoms with E-state index in [4.69, 9.17) is 4.74 Å². The van der Waals surface area contributed by atoms with E-state index < -0.39 is 35.1 Å². The van der Waals surface area contributed by atoms with Crippen molar-refractivity contribution in [3.05, 3.63) is 12.7 Å². The molecule has 2 N–H and O–H groups in total. The first-order valence-electron chi connectivity index (χ1n) is 15.5. The van der Waals surface area contributed by atoms with Crippen molar-refractivity contribution in [2.45, 2.75) is 86.7 Å². The molecule has 0 radical (unpaired) electrons. The summed E-state index contributed by atoms with van der Waals surface area (Å²) < 4.78 is 5.16. The summed E-state index contributed by atoms with van der Waals surface area (Å²) in [6, 6.07) is -1.71. The number of carbonyl (C=O) groups excluding carboxylic acids is 5. The Kier molecular flexibility index (Phi) is 10.5. The Morgan fingerprint density at radius 3 is 2.38 bits per heavy atom. The van der Waals surface area contributed by atoms with Gasteiger partial charge in [0.15, 0.2) is 0 Å². The standard InChI is InChI=1S/C32H52N4O6/c1-10-12-13-22(26(37)28(39)33-14-11-2)34-27(38)25-24-21(32(24,8)9)18-36(25)29(40)23(31(5,6)7)20(19(3)4)17-35-15-16-42-30(35)41/h11,19-25H,2,10,12-18H2,1,3-9H3,(H,33,39)(H,34,38)/t20-,21+,22?,23?,24?,25+/m1/s1. The highest BCUT2D eigenvalue weighted by Gasteiger charge is 2.70. The third-order valence-electron chi connectivity index (χ3n) is 9.63. The first-order valence-corrected chi connectivity index (χ1v) is 15.5. The third kappa shape index (κ3) is 7.00. The van der Waals surface area contributed by atoms with Crippen LogP contribution >= 0.6 is 0 Å². The predicted octanol–water partition coefficient (Wildman–Crippen LogP) is 3.40. The second-order valence-electron chi connectivity index (χ2n) is 14.3. The Labute approximate surface area is 251 Å². The van der Waals surface area contributed by atoms with Crippen LogP contribution in [0.25, 0.3) is 0 Å². The lowest BCUT2D eigenvalue weighted by Gasteiger charge is -2.43. The first-order chi connectivity index (χ1) is 19.6. The summed E-state index contributed by atoms with van der Waals surface area (Å²) in [5, 5.41) is 5.40. The van der Waals surface area contributed by atoms with E-state index in [9.17, 15) is 24.0 Å². The van der Waals surface area contributed by atoms with E-state index in [-0.39, 0.29) is 53.5 Å². The van der Waals surface area contributed by atoms with Crippen LogP contribution in [0, 0.1) is 40.4 Å². The molecule has 3 aliphatic rings. The molecule has 10 nitrogen and oxygen atoms in total. The molecule has 2 heterocycles. The molecule has 6 atom stereocenters. The van der Waals surface area contributed by atoms with E-state index in [0.717, 1.165) is 6.42 Å². The number of likely N-dealkylation sites (tertiary alicyclic amines) is 1. The number of nitrogens with zero attached hydrogens (tertiary/aromatic N) is 2. The van der Waals surface area contributed by atoms with E-state index in [1.807, 2.05) is 27.7 Å². The molecule has 2 aliphatic heterocycles. The number of fused-ring (bicyclic) bond motifs is 1. The molecule has 3 fully saturated rings. The van der Waals surface area contributed by atoms with E-state index in [1.54, 1.807) is 9.80 Å².